The molecule has 0 spiro atoms. The molecule has 0 aliphatic carbocycles. The Hall–Kier alpha value is -1.03. The summed E-state index contributed by atoms with van der Waals surface area (Å²) in [5, 5.41) is 0.889. The molecule has 0 amide bonds. The van der Waals surface area contributed by atoms with Gasteiger partial charge in [-0.15, -0.1) is 0 Å². The average molecular weight is 423 g/mol. The molecule has 0 N–H and O–H groups in total. The lowest BCUT2D eigenvalue weighted by Crippen LogP contribution is -2.35. The molecule has 0 bridgehead atoms. The van der Waals surface area contributed by atoms with Gasteiger partial charge in [-0.2, -0.15) is 0 Å². The van der Waals surface area contributed by atoms with Gasteiger partial charge < -0.3 is 9.64 Å². The van der Waals surface area contributed by atoms with Crippen LogP contribution < -0.4 is 4.74 Å². The number of piperidine rings is 1. The molecular weight excluding hydrogens is 398 g/mol. The van der Waals surface area contributed by atoms with Gasteiger partial charge in [0.05, 0.1) is 7.11 Å². The van der Waals surface area contributed by atoms with Gasteiger partial charge in [-0.25, -0.2) is 0 Å². The van der Waals surface area contributed by atoms with Crippen LogP contribution in [0.4, 0.5) is 0 Å². The Morgan fingerprint density at radius 2 is 1.88 bits per heavy atom. The molecule has 1 heterocycles. The van der Waals surface area contributed by atoms with Crippen LogP contribution >= 0.6 is 27.5 Å². The number of halogens is 2. The topological polar surface area (TPSA) is 12.5 Å². The van der Waals surface area contributed by atoms with Crippen LogP contribution in [0.1, 0.15) is 24.0 Å². The van der Waals surface area contributed by atoms with Crippen molar-refractivity contribution in [2.75, 3.05) is 26.7 Å². The van der Waals surface area contributed by atoms with Crippen LogP contribution in [0.3, 0.4) is 0 Å². The number of benzene rings is 2. The van der Waals surface area contributed by atoms with Crippen LogP contribution in [-0.2, 0) is 12.8 Å². The molecule has 0 atom stereocenters. The Labute approximate surface area is 164 Å². The summed E-state index contributed by atoms with van der Waals surface area (Å²) in [4.78, 5) is 2.57. The monoisotopic (exact) mass is 421 g/mol. The zero-order chi connectivity index (χ0) is 17.6. The van der Waals surface area contributed by atoms with E-state index in [1.54, 1.807) is 7.11 Å². The highest BCUT2D eigenvalue weighted by Crippen LogP contribution is 2.29. The minimum absolute atomic E-state index is 0.750. The minimum Gasteiger partial charge on any atom is -0.497 e. The maximum Gasteiger partial charge on any atom is 0.119 e. The van der Waals surface area contributed by atoms with Crippen molar-refractivity contribution in [3.05, 3.63) is 63.1 Å². The molecule has 134 valence electrons. The highest BCUT2D eigenvalue weighted by atomic mass is 79.9. The van der Waals surface area contributed by atoms with Crippen LogP contribution in [0, 0.1) is 5.92 Å². The molecule has 0 radical (unpaired) electrons. The molecule has 1 saturated heterocycles. The van der Waals surface area contributed by atoms with Gasteiger partial charge >= 0.3 is 0 Å². The Bertz CT molecular complexity index is 698. The third kappa shape index (κ3) is 5.22. The summed E-state index contributed by atoms with van der Waals surface area (Å²) in [5.74, 6) is 1.69. The Morgan fingerprint density at radius 3 is 2.60 bits per heavy atom. The molecule has 2 aromatic carbocycles. The molecule has 1 fully saturated rings. The Kier molecular flexibility index (Phi) is 6.80. The van der Waals surface area contributed by atoms with Crippen molar-refractivity contribution in [3.8, 4) is 5.75 Å². The molecular formula is C21H25BrClNO. The molecule has 25 heavy (non-hydrogen) atoms. The van der Waals surface area contributed by atoms with Crippen LogP contribution in [0.2, 0.25) is 5.02 Å². The highest BCUT2D eigenvalue weighted by molar-refractivity contribution is 9.10. The number of hydrogen-bond donors (Lipinski definition) is 0. The van der Waals surface area contributed by atoms with Crippen LogP contribution in [-0.4, -0.2) is 31.6 Å². The third-order valence-electron chi connectivity index (χ3n) is 5.12. The van der Waals surface area contributed by atoms with Gasteiger partial charge in [0.2, 0.25) is 0 Å². The summed E-state index contributed by atoms with van der Waals surface area (Å²) in [5.41, 5.74) is 2.61. The van der Waals surface area contributed by atoms with E-state index in [4.69, 9.17) is 16.3 Å². The lowest BCUT2D eigenvalue weighted by Gasteiger charge is -2.32. The molecule has 1 aliphatic heterocycles. The number of likely N-dealkylation sites (tertiary alicyclic amines) is 1. The second-order valence-electron chi connectivity index (χ2n) is 6.79. The largest absolute Gasteiger partial charge is 0.497 e. The summed E-state index contributed by atoms with van der Waals surface area (Å²) >= 11 is 9.94. The number of hydrogen-bond acceptors (Lipinski definition) is 2. The van der Waals surface area contributed by atoms with Gasteiger partial charge in [-0.1, -0.05) is 45.7 Å². The first-order chi connectivity index (χ1) is 12.2. The number of methoxy groups -OCH3 is 1. The molecule has 0 unspecified atom stereocenters. The van der Waals surface area contributed by atoms with Crippen molar-refractivity contribution in [3.63, 3.8) is 0 Å². The predicted octanol–water partition coefficient (Wildman–Crippen LogP) is 5.61. The highest BCUT2D eigenvalue weighted by Gasteiger charge is 2.20. The summed E-state index contributed by atoms with van der Waals surface area (Å²) in [7, 11) is 1.73. The molecule has 0 aromatic heterocycles. The fourth-order valence-electron chi connectivity index (χ4n) is 3.54. The van der Waals surface area contributed by atoms with E-state index in [-0.39, 0.29) is 0 Å². The first kappa shape index (κ1) is 18.8. The van der Waals surface area contributed by atoms with Crippen molar-refractivity contribution < 1.29 is 4.74 Å². The lowest BCUT2D eigenvalue weighted by atomic mass is 9.90. The van der Waals surface area contributed by atoms with Crippen molar-refractivity contribution in [1.82, 2.24) is 4.90 Å². The van der Waals surface area contributed by atoms with E-state index in [1.807, 2.05) is 18.2 Å². The van der Waals surface area contributed by atoms with Crippen LogP contribution in [0.5, 0.6) is 5.75 Å². The Morgan fingerprint density at radius 1 is 1.12 bits per heavy atom. The lowest BCUT2D eigenvalue weighted by molar-refractivity contribution is 0.186. The van der Waals surface area contributed by atoms with Crippen molar-refractivity contribution in [1.29, 1.82) is 0 Å². The SMILES string of the molecule is COc1ccc(Br)c(CC2CCN(CCc3ccccc3Cl)CC2)c1. The third-order valence-corrected chi connectivity index (χ3v) is 6.27. The van der Waals surface area contributed by atoms with Crippen LogP contribution in [0.15, 0.2) is 46.9 Å². The summed E-state index contributed by atoms with van der Waals surface area (Å²) in [6, 6.07) is 14.4. The van der Waals surface area contributed by atoms with E-state index in [0.717, 1.165) is 36.1 Å². The first-order valence-corrected chi connectivity index (χ1v) is 10.1. The molecule has 0 saturated carbocycles. The second-order valence-corrected chi connectivity index (χ2v) is 8.05. The van der Waals surface area contributed by atoms with E-state index in [9.17, 15) is 0 Å². The normalized spacial score (nSPS) is 16.1. The smallest absolute Gasteiger partial charge is 0.119 e. The van der Waals surface area contributed by atoms with E-state index < -0.39 is 0 Å². The van der Waals surface area contributed by atoms with Gasteiger partial charge in [-0.05, 0) is 80.1 Å². The van der Waals surface area contributed by atoms with E-state index >= 15 is 0 Å². The zero-order valence-corrected chi connectivity index (χ0v) is 17.0. The summed E-state index contributed by atoms with van der Waals surface area (Å²) in [6.07, 6.45) is 4.67. The zero-order valence-electron chi connectivity index (χ0n) is 14.7. The number of ether oxygens (including phenoxy) is 1. The van der Waals surface area contributed by atoms with Gasteiger partial charge in [0.25, 0.3) is 0 Å². The van der Waals surface area contributed by atoms with Gasteiger partial charge in [0.15, 0.2) is 0 Å². The fourth-order valence-corrected chi connectivity index (χ4v) is 4.18. The number of nitrogens with zero attached hydrogens (tertiary/aromatic N) is 1. The Balaban J connectivity index is 1.48. The second kappa shape index (κ2) is 9.07. The van der Waals surface area contributed by atoms with Gasteiger partial charge in [0, 0.05) is 16.0 Å². The van der Waals surface area contributed by atoms with Crippen molar-refractivity contribution in [2.45, 2.75) is 25.7 Å². The van der Waals surface area contributed by atoms with E-state index in [2.05, 4.69) is 45.1 Å². The van der Waals surface area contributed by atoms with Gasteiger partial charge in [-0.3, -0.25) is 0 Å². The molecule has 4 heteroatoms. The van der Waals surface area contributed by atoms with Crippen LogP contribution in [0.25, 0.3) is 0 Å². The summed E-state index contributed by atoms with van der Waals surface area (Å²) < 4.78 is 6.55. The van der Waals surface area contributed by atoms with E-state index in [0.29, 0.717) is 0 Å². The predicted molar refractivity (Wildman–Crippen MR) is 109 cm³/mol. The molecule has 2 aromatic rings. The maximum atomic E-state index is 6.26. The molecule has 2 nitrogen and oxygen atoms in total. The summed E-state index contributed by atoms with van der Waals surface area (Å²) in [6.45, 7) is 3.45. The fraction of sp³-hybridized carbons (Fsp3) is 0.429. The van der Waals surface area contributed by atoms with E-state index in [1.165, 1.54) is 41.5 Å². The number of rotatable bonds is 6. The van der Waals surface area contributed by atoms with Gasteiger partial charge in [0.1, 0.15) is 5.75 Å². The standard InChI is InChI=1S/C21H25BrClNO/c1-25-19-6-7-20(22)18(15-19)14-16-8-11-24(12-9-16)13-10-17-4-2-3-5-21(17)23/h2-7,15-16H,8-14H2,1H3. The molecule has 1 aliphatic rings. The average Bonchev–Trinajstić information content (AvgIpc) is 2.64. The first-order valence-electron chi connectivity index (χ1n) is 8.94. The minimum atomic E-state index is 0.750. The molecule has 3 rings (SSSR count). The maximum absolute atomic E-state index is 6.26. The van der Waals surface area contributed by atoms with Crippen molar-refractivity contribution >= 4 is 27.5 Å². The van der Waals surface area contributed by atoms with Crippen molar-refractivity contribution in [2.24, 2.45) is 5.92 Å². The quantitative estimate of drug-likeness (QED) is 0.600.